The topological polar surface area (TPSA) is 130 Å². The number of carbonyl (C=O) groups is 3. The zero-order valence-electron chi connectivity index (χ0n) is 22.1. The van der Waals surface area contributed by atoms with Crippen molar-refractivity contribution in [3.63, 3.8) is 0 Å². The van der Waals surface area contributed by atoms with E-state index in [1.165, 1.54) is 21.0 Å². The molecule has 0 unspecified atom stereocenters. The fraction of sp³-hybridized carbons (Fsp3) is 0.667. The molecule has 2 rings (SSSR count). The molecule has 5 atom stereocenters. The molecule has 0 spiro atoms. The zero-order chi connectivity index (χ0) is 27.0. The summed E-state index contributed by atoms with van der Waals surface area (Å²) in [6, 6.07) is 8.71. The van der Waals surface area contributed by atoms with E-state index in [0.717, 1.165) is 44.1 Å². The lowest BCUT2D eigenvalue weighted by atomic mass is 9.96. The molecule has 1 fully saturated rings. The molecule has 1 aromatic rings. The van der Waals surface area contributed by atoms with Gasteiger partial charge in [0.25, 0.3) is 0 Å². The molecule has 1 aliphatic heterocycles. The van der Waals surface area contributed by atoms with Crippen LogP contribution in [0.15, 0.2) is 30.3 Å². The average Bonchev–Trinajstić information content (AvgIpc) is 2.87. The number of aliphatic hydroxyl groups excluding tert-OH is 1. The molecule has 1 heterocycles. The number of methoxy groups -OCH3 is 1. The van der Waals surface area contributed by atoms with E-state index in [-0.39, 0.29) is 18.5 Å². The van der Waals surface area contributed by atoms with Crippen molar-refractivity contribution in [1.29, 1.82) is 0 Å². The first-order valence-electron chi connectivity index (χ1n) is 12.9. The first-order valence-corrected chi connectivity index (χ1v) is 12.9. The molecular formula is C27H41NO9. The molecule has 10 nitrogen and oxygen atoms in total. The number of benzene rings is 1. The minimum Gasteiger partial charge on any atom is -0.469 e. The van der Waals surface area contributed by atoms with Gasteiger partial charge in [0.05, 0.1) is 20.3 Å². The van der Waals surface area contributed by atoms with Crippen LogP contribution in [0.4, 0.5) is 0 Å². The number of amides is 1. The fourth-order valence-electron chi connectivity index (χ4n) is 4.16. The monoisotopic (exact) mass is 523 g/mol. The number of ether oxygens (including phenoxy) is 5. The maximum absolute atomic E-state index is 11.9. The van der Waals surface area contributed by atoms with Crippen LogP contribution in [0.3, 0.4) is 0 Å². The molecule has 208 valence electrons. The molecule has 1 saturated heterocycles. The van der Waals surface area contributed by atoms with Gasteiger partial charge in [0, 0.05) is 26.9 Å². The van der Waals surface area contributed by atoms with Crippen molar-refractivity contribution in [3.05, 3.63) is 35.9 Å². The van der Waals surface area contributed by atoms with Gasteiger partial charge in [-0.2, -0.15) is 0 Å². The summed E-state index contributed by atoms with van der Waals surface area (Å²) < 4.78 is 27.8. The van der Waals surface area contributed by atoms with Gasteiger partial charge >= 0.3 is 11.9 Å². The van der Waals surface area contributed by atoms with Crippen LogP contribution in [0.5, 0.6) is 0 Å². The van der Waals surface area contributed by atoms with Crippen molar-refractivity contribution >= 4 is 17.8 Å². The third kappa shape index (κ3) is 11.6. The Morgan fingerprint density at radius 1 is 1.00 bits per heavy atom. The number of hydrogen-bond donors (Lipinski definition) is 2. The highest BCUT2D eigenvalue weighted by Crippen LogP contribution is 2.26. The van der Waals surface area contributed by atoms with Gasteiger partial charge in [-0.15, -0.1) is 0 Å². The number of nitrogens with one attached hydrogen (secondary N) is 1. The number of hydrogen-bond acceptors (Lipinski definition) is 9. The molecule has 10 heteroatoms. The Balaban J connectivity index is 1.89. The highest BCUT2D eigenvalue weighted by atomic mass is 16.7. The molecular weight excluding hydrogens is 482 g/mol. The molecule has 0 bridgehead atoms. The van der Waals surface area contributed by atoms with E-state index in [9.17, 15) is 19.5 Å². The van der Waals surface area contributed by atoms with E-state index in [4.69, 9.17) is 18.9 Å². The fourth-order valence-corrected chi connectivity index (χ4v) is 4.16. The Morgan fingerprint density at radius 2 is 1.68 bits per heavy atom. The summed E-state index contributed by atoms with van der Waals surface area (Å²) in [6.07, 6.45) is 1.87. The van der Waals surface area contributed by atoms with Gasteiger partial charge in [-0.3, -0.25) is 14.4 Å². The normalized spacial score (nSPS) is 23.3. The van der Waals surface area contributed by atoms with Crippen molar-refractivity contribution in [2.75, 3.05) is 20.3 Å². The maximum Gasteiger partial charge on any atom is 0.305 e. The van der Waals surface area contributed by atoms with E-state index in [1.54, 1.807) is 0 Å². The third-order valence-electron chi connectivity index (χ3n) is 6.02. The van der Waals surface area contributed by atoms with Crippen molar-refractivity contribution < 1.29 is 43.2 Å². The van der Waals surface area contributed by atoms with Crippen LogP contribution in [0, 0.1) is 0 Å². The van der Waals surface area contributed by atoms with Gasteiger partial charge in [-0.05, 0) is 18.4 Å². The molecule has 0 radical (unpaired) electrons. The van der Waals surface area contributed by atoms with E-state index in [1.807, 2.05) is 30.3 Å². The standard InChI is InChI=1S/C27H41NO9/c1-19(29)28-24-26(36-20(2)30)25(32)22(18-34-17-21-13-9-8-10-14-21)37-27(24)35-16-12-7-5-4-6-11-15-23(31)33-3/h8-10,13-14,22,24-27,32H,4-7,11-12,15-18H2,1-3H3,(H,28,29)/t22-,24-,25-,26-,27-/m1/s1. The summed E-state index contributed by atoms with van der Waals surface area (Å²) in [5, 5.41) is 13.6. The van der Waals surface area contributed by atoms with Crippen molar-refractivity contribution in [3.8, 4) is 0 Å². The molecule has 37 heavy (non-hydrogen) atoms. The number of esters is 2. The van der Waals surface area contributed by atoms with Crippen molar-refractivity contribution in [2.45, 2.75) is 96.0 Å². The Hall–Kier alpha value is -2.53. The van der Waals surface area contributed by atoms with Crippen LogP contribution in [-0.2, 0) is 44.7 Å². The number of aliphatic hydroxyl groups is 1. The molecule has 0 aromatic heterocycles. The van der Waals surface area contributed by atoms with Crippen LogP contribution in [0.2, 0.25) is 0 Å². The van der Waals surface area contributed by atoms with Crippen LogP contribution >= 0.6 is 0 Å². The first kappa shape index (κ1) is 30.7. The van der Waals surface area contributed by atoms with Gasteiger partial charge in [0.15, 0.2) is 12.4 Å². The number of rotatable bonds is 16. The molecule has 1 aliphatic rings. The second-order valence-corrected chi connectivity index (χ2v) is 9.15. The summed E-state index contributed by atoms with van der Waals surface area (Å²) in [5.74, 6) is -1.14. The molecule has 2 N–H and O–H groups in total. The SMILES string of the molecule is COC(=O)CCCCCCCCO[C@@H]1O[C@H](COCc2ccccc2)[C@@H](O)[C@H](OC(C)=O)[C@H]1NC(C)=O. The molecule has 0 saturated carbocycles. The largest absolute Gasteiger partial charge is 0.469 e. The Morgan fingerprint density at radius 3 is 2.32 bits per heavy atom. The second kappa shape index (κ2) is 17.1. The lowest BCUT2D eigenvalue weighted by Crippen LogP contribution is -2.65. The molecule has 0 aliphatic carbocycles. The van der Waals surface area contributed by atoms with Crippen molar-refractivity contribution in [2.24, 2.45) is 0 Å². The lowest BCUT2D eigenvalue weighted by molar-refractivity contribution is -0.276. The van der Waals surface area contributed by atoms with Crippen LogP contribution in [0.1, 0.15) is 64.4 Å². The van der Waals surface area contributed by atoms with Gasteiger partial charge in [0.1, 0.15) is 18.2 Å². The number of unbranched alkanes of at least 4 members (excludes halogenated alkanes) is 5. The van der Waals surface area contributed by atoms with Crippen LogP contribution in [-0.4, -0.2) is 73.9 Å². The quantitative estimate of drug-likeness (QED) is 0.248. The summed E-state index contributed by atoms with van der Waals surface area (Å²) in [5.41, 5.74) is 0.971. The van der Waals surface area contributed by atoms with Crippen LogP contribution < -0.4 is 5.32 Å². The van der Waals surface area contributed by atoms with Crippen LogP contribution in [0.25, 0.3) is 0 Å². The summed E-state index contributed by atoms with van der Waals surface area (Å²) in [6.45, 7) is 3.32. The zero-order valence-corrected chi connectivity index (χ0v) is 22.1. The minimum absolute atomic E-state index is 0.0477. The minimum atomic E-state index is -1.22. The Bertz CT molecular complexity index is 819. The predicted octanol–water partition coefficient (Wildman–Crippen LogP) is 2.65. The Kier molecular flexibility index (Phi) is 14.2. The van der Waals surface area contributed by atoms with E-state index < -0.39 is 36.6 Å². The Labute approximate surface area is 218 Å². The second-order valence-electron chi connectivity index (χ2n) is 9.15. The van der Waals surface area contributed by atoms with E-state index in [2.05, 4.69) is 10.1 Å². The summed E-state index contributed by atoms with van der Waals surface area (Å²) in [7, 11) is 1.39. The smallest absolute Gasteiger partial charge is 0.305 e. The van der Waals surface area contributed by atoms with Gasteiger partial charge in [-0.25, -0.2) is 0 Å². The predicted molar refractivity (Wildman–Crippen MR) is 134 cm³/mol. The van der Waals surface area contributed by atoms with Gasteiger partial charge in [0.2, 0.25) is 5.91 Å². The number of carbonyl (C=O) groups excluding carboxylic acids is 3. The summed E-state index contributed by atoms with van der Waals surface area (Å²) >= 11 is 0. The van der Waals surface area contributed by atoms with Crippen molar-refractivity contribution in [1.82, 2.24) is 5.32 Å². The lowest BCUT2D eigenvalue weighted by Gasteiger charge is -2.44. The van der Waals surface area contributed by atoms with E-state index >= 15 is 0 Å². The molecule has 1 amide bonds. The van der Waals surface area contributed by atoms with E-state index in [0.29, 0.717) is 19.6 Å². The average molecular weight is 524 g/mol. The summed E-state index contributed by atoms with van der Waals surface area (Å²) in [4.78, 5) is 34.8. The molecule has 1 aromatic carbocycles. The first-order chi connectivity index (χ1) is 17.8. The third-order valence-corrected chi connectivity index (χ3v) is 6.02. The highest BCUT2D eigenvalue weighted by Gasteiger charge is 2.48. The van der Waals surface area contributed by atoms with Gasteiger partial charge in [-0.1, -0.05) is 56.0 Å². The maximum atomic E-state index is 11.9. The highest BCUT2D eigenvalue weighted by molar-refractivity contribution is 5.73. The van der Waals surface area contributed by atoms with Gasteiger partial charge < -0.3 is 34.1 Å².